The maximum absolute atomic E-state index is 13.4. The highest BCUT2D eigenvalue weighted by Crippen LogP contribution is 2.18. The molecule has 1 atom stereocenters. The van der Waals surface area contributed by atoms with Gasteiger partial charge in [-0.1, -0.05) is 12.1 Å². The van der Waals surface area contributed by atoms with E-state index in [1.54, 1.807) is 18.2 Å². The van der Waals surface area contributed by atoms with Gasteiger partial charge in [0.15, 0.2) is 11.6 Å². The Bertz CT molecular complexity index is 467. The van der Waals surface area contributed by atoms with E-state index in [4.69, 9.17) is 9.47 Å². The molecule has 116 valence electrons. The molecule has 21 heavy (non-hydrogen) atoms. The zero-order valence-electron chi connectivity index (χ0n) is 12.4. The quantitative estimate of drug-likeness (QED) is 0.756. The van der Waals surface area contributed by atoms with Crippen LogP contribution in [0.5, 0.6) is 5.75 Å². The van der Waals surface area contributed by atoms with Gasteiger partial charge in [0.25, 0.3) is 0 Å². The van der Waals surface area contributed by atoms with Gasteiger partial charge >= 0.3 is 5.97 Å². The molecule has 2 rings (SSSR count). The number of hydrogen-bond acceptors (Lipinski definition) is 4. The molecule has 1 aromatic carbocycles. The minimum absolute atomic E-state index is 0.0489. The molecule has 0 radical (unpaired) electrons. The highest BCUT2D eigenvalue weighted by molar-refractivity contribution is 5.72. The normalized spacial score (nSPS) is 19.2. The van der Waals surface area contributed by atoms with Crippen molar-refractivity contribution >= 4 is 5.97 Å². The lowest BCUT2D eigenvalue weighted by Gasteiger charge is -2.31. The molecule has 1 saturated heterocycles. The number of carbonyl (C=O) groups is 1. The second-order valence-corrected chi connectivity index (χ2v) is 5.17. The SMILES string of the molecule is CCOC(=O)[C@H]1CCCN(CCOc2ccccc2F)C1. The Hall–Kier alpha value is -1.62. The zero-order chi connectivity index (χ0) is 15.1. The Labute approximate surface area is 124 Å². The average Bonchev–Trinajstić information content (AvgIpc) is 2.50. The number of para-hydroxylation sites is 1. The Kier molecular flexibility index (Phi) is 5.99. The van der Waals surface area contributed by atoms with Crippen molar-refractivity contribution in [3.63, 3.8) is 0 Å². The Morgan fingerprint density at radius 3 is 3.00 bits per heavy atom. The largest absolute Gasteiger partial charge is 0.489 e. The first-order valence-corrected chi connectivity index (χ1v) is 7.47. The van der Waals surface area contributed by atoms with Gasteiger partial charge in [-0.2, -0.15) is 0 Å². The summed E-state index contributed by atoms with van der Waals surface area (Å²) in [6, 6.07) is 6.38. The van der Waals surface area contributed by atoms with Crippen LogP contribution in [0.1, 0.15) is 19.8 Å². The first kappa shape index (κ1) is 15.8. The van der Waals surface area contributed by atoms with Crippen LogP contribution < -0.4 is 4.74 Å². The van der Waals surface area contributed by atoms with Crippen molar-refractivity contribution in [3.05, 3.63) is 30.1 Å². The molecule has 0 spiro atoms. The lowest BCUT2D eigenvalue weighted by molar-refractivity contribution is -0.150. The predicted octanol–water partition coefficient (Wildman–Crippen LogP) is 2.48. The van der Waals surface area contributed by atoms with E-state index in [0.717, 1.165) is 19.4 Å². The van der Waals surface area contributed by atoms with Crippen LogP contribution in [0.2, 0.25) is 0 Å². The minimum Gasteiger partial charge on any atom is -0.489 e. The summed E-state index contributed by atoms with van der Waals surface area (Å²) in [5.41, 5.74) is 0. The van der Waals surface area contributed by atoms with Gasteiger partial charge in [-0.15, -0.1) is 0 Å². The molecule has 0 unspecified atom stereocenters. The van der Waals surface area contributed by atoms with E-state index >= 15 is 0 Å². The maximum atomic E-state index is 13.4. The Balaban J connectivity index is 1.75. The van der Waals surface area contributed by atoms with E-state index in [1.165, 1.54) is 6.07 Å². The number of likely N-dealkylation sites (tertiary alicyclic amines) is 1. The van der Waals surface area contributed by atoms with Gasteiger partial charge in [-0.3, -0.25) is 9.69 Å². The minimum atomic E-state index is -0.347. The lowest BCUT2D eigenvalue weighted by atomic mass is 9.98. The average molecular weight is 295 g/mol. The fourth-order valence-corrected chi connectivity index (χ4v) is 2.56. The van der Waals surface area contributed by atoms with Crippen LogP contribution in [-0.4, -0.2) is 43.7 Å². The number of piperidine rings is 1. The van der Waals surface area contributed by atoms with Crippen molar-refractivity contribution in [2.75, 3.05) is 32.8 Å². The van der Waals surface area contributed by atoms with Crippen LogP contribution in [0, 0.1) is 11.7 Å². The predicted molar refractivity (Wildman–Crippen MR) is 77.7 cm³/mol. The van der Waals surface area contributed by atoms with Gasteiger partial charge < -0.3 is 9.47 Å². The summed E-state index contributed by atoms with van der Waals surface area (Å²) in [5.74, 6) is -0.235. The molecule has 1 aliphatic heterocycles. The first-order chi connectivity index (χ1) is 10.2. The Morgan fingerprint density at radius 2 is 2.24 bits per heavy atom. The van der Waals surface area contributed by atoms with Gasteiger partial charge in [0, 0.05) is 13.1 Å². The van der Waals surface area contributed by atoms with Crippen molar-refractivity contribution in [1.82, 2.24) is 4.90 Å². The summed E-state index contributed by atoms with van der Waals surface area (Å²) in [5, 5.41) is 0. The molecule has 1 aliphatic rings. The summed E-state index contributed by atoms with van der Waals surface area (Å²) in [6.07, 6.45) is 1.85. The topological polar surface area (TPSA) is 38.8 Å². The molecule has 0 aromatic heterocycles. The summed E-state index contributed by atoms with van der Waals surface area (Å²) in [6.45, 7) is 4.98. The third-order valence-electron chi connectivity index (χ3n) is 3.63. The number of hydrogen-bond donors (Lipinski definition) is 0. The van der Waals surface area contributed by atoms with Crippen molar-refractivity contribution < 1.29 is 18.7 Å². The van der Waals surface area contributed by atoms with Gasteiger partial charge in [-0.05, 0) is 38.4 Å². The fraction of sp³-hybridized carbons (Fsp3) is 0.562. The molecular weight excluding hydrogens is 273 g/mol. The third-order valence-corrected chi connectivity index (χ3v) is 3.63. The number of esters is 1. The standard InChI is InChI=1S/C16H22FNO3/c1-2-20-16(19)13-6-5-9-18(12-13)10-11-21-15-8-4-3-7-14(15)17/h3-4,7-8,13H,2,5-6,9-12H2,1H3/t13-/m0/s1. The van der Waals surface area contributed by atoms with Gasteiger partial charge in [0.2, 0.25) is 0 Å². The molecule has 0 saturated carbocycles. The molecule has 1 fully saturated rings. The van der Waals surface area contributed by atoms with Gasteiger partial charge in [0.05, 0.1) is 12.5 Å². The van der Waals surface area contributed by atoms with Crippen molar-refractivity contribution in [1.29, 1.82) is 0 Å². The number of carbonyl (C=O) groups excluding carboxylic acids is 1. The van der Waals surface area contributed by atoms with Crippen molar-refractivity contribution in [3.8, 4) is 5.75 Å². The van der Waals surface area contributed by atoms with Crippen LogP contribution in [-0.2, 0) is 9.53 Å². The smallest absolute Gasteiger partial charge is 0.310 e. The molecule has 4 nitrogen and oxygen atoms in total. The van der Waals surface area contributed by atoms with Crippen LogP contribution in [0.4, 0.5) is 4.39 Å². The molecule has 1 aromatic rings. The highest BCUT2D eigenvalue weighted by atomic mass is 19.1. The van der Waals surface area contributed by atoms with Crippen LogP contribution in [0.15, 0.2) is 24.3 Å². The van der Waals surface area contributed by atoms with Crippen LogP contribution >= 0.6 is 0 Å². The van der Waals surface area contributed by atoms with E-state index < -0.39 is 0 Å². The third kappa shape index (κ3) is 4.70. The highest BCUT2D eigenvalue weighted by Gasteiger charge is 2.26. The number of rotatable bonds is 6. The van der Waals surface area contributed by atoms with E-state index in [9.17, 15) is 9.18 Å². The van der Waals surface area contributed by atoms with Crippen LogP contribution in [0.3, 0.4) is 0 Å². The van der Waals surface area contributed by atoms with Gasteiger partial charge in [-0.25, -0.2) is 4.39 Å². The summed E-state index contributed by atoms with van der Waals surface area (Å²) in [7, 11) is 0. The van der Waals surface area contributed by atoms with Crippen molar-refractivity contribution in [2.24, 2.45) is 5.92 Å². The van der Waals surface area contributed by atoms with Crippen molar-refractivity contribution in [2.45, 2.75) is 19.8 Å². The lowest BCUT2D eigenvalue weighted by Crippen LogP contribution is -2.41. The number of benzene rings is 1. The maximum Gasteiger partial charge on any atom is 0.310 e. The monoisotopic (exact) mass is 295 g/mol. The molecule has 0 N–H and O–H groups in total. The molecule has 5 heteroatoms. The second kappa shape index (κ2) is 7.98. The molecule has 1 heterocycles. The van der Waals surface area contributed by atoms with Gasteiger partial charge in [0.1, 0.15) is 6.61 Å². The number of nitrogens with zero attached hydrogens (tertiary/aromatic N) is 1. The molecule has 0 amide bonds. The summed E-state index contributed by atoms with van der Waals surface area (Å²) in [4.78, 5) is 13.9. The molecule has 0 bridgehead atoms. The zero-order valence-corrected chi connectivity index (χ0v) is 12.4. The number of halogens is 1. The Morgan fingerprint density at radius 1 is 1.43 bits per heavy atom. The van der Waals surface area contributed by atoms with Crippen LogP contribution in [0.25, 0.3) is 0 Å². The van der Waals surface area contributed by atoms with E-state index in [1.807, 2.05) is 6.92 Å². The fourth-order valence-electron chi connectivity index (χ4n) is 2.56. The second-order valence-electron chi connectivity index (χ2n) is 5.17. The molecule has 0 aliphatic carbocycles. The molecular formula is C16H22FNO3. The summed E-state index contributed by atoms with van der Waals surface area (Å²) < 4.78 is 23.9. The summed E-state index contributed by atoms with van der Waals surface area (Å²) >= 11 is 0. The first-order valence-electron chi connectivity index (χ1n) is 7.47. The van der Waals surface area contributed by atoms with E-state index in [2.05, 4.69) is 4.90 Å². The van der Waals surface area contributed by atoms with E-state index in [-0.39, 0.29) is 23.5 Å². The van der Waals surface area contributed by atoms with E-state index in [0.29, 0.717) is 26.3 Å². The number of ether oxygens (including phenoxy) is 2.